The van der Waals surface area contributed by atoms with Crippen LogP contribution >= 0.6 is 0 Å². The molecule has 4 rings (SSSR count). The zero-order chi connectivity index (χ0) is 22.1. The third-order valence-electron chi connectivity index (χ3n) is 5.74. The average Bonchev–Trinajstić information content (AvgIpc) is 3.30. The van der Waals surface area contributed by atoms with Gasteiger partial charge in [0.2, 0.25) is 0 Å². The van der Waals surface area contributed by atoms with Crippen LogP contribution < -0.4 is 10.9 Å². The molecule has 1 aromatic heterocycles. The van der Waals surface area contributed by atoms with E-state index in [2.05, 4.69) is 10.4 Å². The molecule has 0 saturated carbocycles. The van der Waals surface area contributed by atoms with Crippen molar-refractivity contribution in [1.82, 2.24) is 14.7 Å². The minimum Gasteiger partial charge on any atom is -0.339 e. The monoisotopic (exact) mass is 418 g/mol. The van der Waals surface area contributed by atoms with Gasteiger partial charge in [0.25, 0.3) is 17.4 Å². The standard InChI is InChI=1S/C24H26N4O3/c1-15(2)28-24(31)19-10-5-4-9-18(19)21(26-28)22(29)25-20-12-8-11-17(16(20)3)23(30)27-13-6-7-14-27/h4-5,8-12,15H,6-7,13-14H2,1-3H3,(H,25,29). The van der Waals surface area contributed by atoms with Crippen LogP contribution in [0, 0.1) is 6.92 Å². The molecule has 0 bridgehead atoms. The van der Waals surface area contributed by atoms with Gasteiger partial charge in [-0.25, -0.2) is 4.68 Å². The molecule has 31 heavy (non-hydrogen) atoms. The number of aromatic nitrogens is 2. The van der Waals surface area contributed by atoms with Gasteiger partial charge >= 0.3 is 0 Å². The summed E-state index contributed by atoms with van der Waals surface area (Å²) >= 11 is 0. The topological polar surface area (TPSA) is 84.3 Å². The van der Waals surface area contributed by atoms with Gasteiger partial charge in [0, 0.05) is 29.7 Å². The number of likely N-dealkylation sites (tertiary alicyclic amines) is 1. The second-order valence-corrected chi connectivity index (χ2v) is 8.17. The van der Waals surface area contributed by atoms with Gasteiger partial charge < -0.3 is 10.2 Å². The van der Waals surface area contributed by atoms with Crippen LogP contribution in [0.2, 0.25) is 0 Å². The van der Waals surface area contributed by atoms with Crippen LogP contribution in [-0.2, 0) is 0 Å². The highest BCUT2D eigenvalue weighted by Gasteiger charge is 2.23. The van der Waals surface area contributed by atoms with E-state index in [-0.39, 0.29) is 23.2 Å². The Labute approximate surface area is 180 Å². The lowest BCUT2D eigenvalue weighted by Gasteiger charge is -2.18. The molecule has 1 fully saturated rings. The summed E-state index contributed by atoms with van der Waals surface area (Å²) in [5.74, 6) is -0.428. The Morgan fingerprint density at radius 2 is 1.68 bits per heavy atom. The molecular weight excluding hydrogens is 392 g/mol. The highest BCUT2D eigenvalue weighted by molar-refractivity contribution is 6.11. The molecule has 2 heterocycles. The van der Waals surface area contributed by atoms with Gasteiger partial charge in [0.1, 0.15) is 0 Å². The Bertz CT molecular complexity index is 1220. The summed E-state index contributed by atoms with van der Waals surface area (Å²) in [6.07, 6.45) is 2.04. The summed E-state index contributed by atoms with van der Waals surface area (Å²) in [6.45, 7) is 7.06. The third kappa shape index (κ3) is 3.83. The number of hydrogen-bond donors (Lipinski definition) is 1. The van der Waals surface area contributed by atoms with E-state index in [0.29, 0.717) is 27.6 Å². The van der Waals surface area contributed by atoms with Crippen molar-refractivity contribution in [3.05, 3.63) is 69.6 Å². The smallest absolute Gasteiger partial charge is 0.276 e. The molecule has 2 amide bonds. The first kappa shape index (κ1) is 20.8. The van der Waals surface area contributed by atoms with Crippen LogP contribution in [0.4, 0.5) is 5.69 Å². The van der Waals surface area contributed by atoms with Crippen molar-refractivity contribution in [3.8, 4) is 0 Å². The zero-order valence-electron chi connectivity index (χ0n) is 18.0. The lowest BCUT2D eigenvalue weighted by atomic mass is 10.0. The molecule has 2 aromatic carbocycles. The van der Waals surface area contributed by atoms with Crippen LogP contribution in [0.5, 0.6) is 0 Å². The highest BCUT2D eigenvalue weighted by Crippen LogP contribution is 2.24. The Morgan fingerprint density at radius 1 is 1.00 bits per heavy atom. The fourth-order valence-corrected chi connectivity index (χ4v) is 4.00. The van der Waals surface area contributed by atoms with Gasteiger partial charge in [-0.05, 0) is 57.4 Å². The van der Waals surface area contributed by atoms with Gasteiger partial charge in [-0.1, -0.05) is 24.3 Å². The minimum atomic E-state index is -0.417. The van der Waals surface area contributed by atoms with Crippen molar-refractivity contribution in [2.24, 2.45) is 0 Å². The van der Waals surface area contributed by atoms with Crippen molar-refractivity contribution < 1.29 is 9.59 Å². The molecule has 7 heteroatoms. The lowest BCUT2D eigenvalue weighted by Crippen LogP contribution is -2.29. The van der Waals surface area contributed by atoms with E-state index < -0.39 is 5.91 Å². The van der Waals surface area contributed by atoms with E-state index in [1.54, 1.807) is 42.5 Å². The zero-order valence-corrected chi connectivity index (χ0v) is 18.0. The predicted octanol–water partition coefficient (Wildman–Crippen LogP) is 3.77. The molecule has 0 radical (unpaired) electrons. The third-order valence-corrected chi connectivity index (χ3v) is 5.74. The number of anilines is 1. The number of benzene rings is 2. The fourth-order valence-electron chi connectivity index (χ4n) is 4.00. The van der Waals surface area contributed by atoms with Crippen molar-refractivity contribution in [2.75, 3.05) is 18.4 Å². The van der Waals surface area contributed by atoms with Crippen molar-refractivity contribution in [2.45, 2.75) is 39.7 Å². The van der Waals surface area contributed by atoms with Gasteiger partial charge in [-0.2, -0.15) is 5.10 Å². The number of nitrogens with zero attached hydrogens (tertiary/aromatic N) is 3. The molecule has 0 unspecified atom stereocenters. The fraction of sp³-hybridized carbons (Fsp3) is 0.333. The summed E-state index contributed by atoms with van der Waals surface area (Å²) in [4.78, 5) is 40.7. The first-order valence-electron chi connectivity index (χ1n) is 10.6. The second kappa shape index (κ2) is 8.34. The van der Waals surface area contributed by atoms with Crippen molar-refractivity contribution in [3.63, 3.8) is 0 Å². The summed E-state index contributed by atoms with van der Waals surface area (Å²) in [6, 6.07) is 12.1. The van der Waals surface area contributed by atoms with Crippen molar-refractivity contribution in [1.29, 1.82) is 0 Å². The number of carbonyl (C=O) groups excluding carboxylic acids is 2. The van der Waals surface area contributed by atoms with Crippen LogP contribution in [0.25, 0.3) is 10.8 Å². The van der Waals surface area contributed by atoms with E-state index in [1.807, 2.05) is 25.7 Å². The summed E-state index contributed by atoms with van der Waals surface area (Å²) in [7, 11) is 0. The van der Waals surface area contributed by atoms with E-state index in [0.717, 1.165) is 25.9 Å². The van der Waals surface area contributed by atoms with Gasteiger partial charge in [-0.15, -0.1) is 0 Å². The number of rotatable bonds is 4. The van der Waals surface area contributed by atoms with Crippen LogP contribution in [0.1, 0.15) is 59.1 Å². The van der Waals surface area contributed by atoms with E-state index in [9.17, 15) is 14.4 Å². The normalized spacial score (nSPS) is 13.7. The Kier molecular flexibility index (Phi) is 5.59. The van der Waals surface area contributed by atoms with Crippen LogP contribution in [0.15, 0.2) is 47.3 Å². The maximum Gasteiger partial charge on any atom is 0.276 e. The SMILES string of the molecule is Cc1c(NC(=O)c2nn(C(C)C)c(=O)c3ccccc23)cccc1C(=O)N1CCCC1. The largest absolute Gasteiger partial charge is 0.339 e. The summed E-state index contributed by atoms with van der Waals surface area (Å²) in [5.41, 5.74) is 1.82. The van der Waals surface area contributed by atoms with E-state index in [4.69, 9.17) is 0 Å². The number of hydrogen-bond acceptors (Lipinski definition) is 4. The molecule has 160 valence electrons. The highest BCUT2D eigenvalue weighted by atomic mass is 16.2. The average molecular weight is 418 g/mol. The van der Waals surface area contributed by atoms with Gasteiger partial charge in [0.05, 0.1) is 11.4 Å². The molecule has 1 aliphatic rings. The maximum atomic E-state index is 13.2. The molecule has 1 saturated heterocycles. The van der Waals surface area contributed by atoms with Crippen molar-refractivity contribution >= 4 is 28.3 Å². The van der Waals surface area contributed by atoms with E-state index >= 15 is 0 Å². The Morgan fingerprint density at radius 3 is 2.35 bits per heavy atom. The maximum absolute atomic E-state index is 13.2. The summed E-state index contributed by atoms with van der Waals surface area (Å²) in [5, 5.41) is 8.22. The second-order valence-electron chi connectivity index (χ2n) is 8.17. The number of fused-ring (bicyclic) bond motifs is 1. The predicted molar refractivity (Wildman–Crippen MR) is 121 cm³/mol. The van der Waals surface area contributed by atoms with Crippen LogP contribution in [-0.4, -0.2) is 39.6 Å². The molecule has 7 nitrogen and oxygen atoms in total. The molecule has 0 spiro atoms. The van der Waals surface area contributed by atoms with Crippen LogP contribution in [0.3, 0.4) is 0 Å². The number of amides is 2. The Balaban J connectivity index is 1.72. The molecule has 1 aliphatic heterocycles. The first-order valence-corrected chi connectivity index (χ1v) is 10.6. The quantitative estimate of drug-likeness (QED) is 0.699. The molecule has 0 aliphatic carbocycles. The van der Waals surface area contributed by atoms with Gasteiger partial charge in [0.15, 0.2) is 5.69 Å². The molecular formula is C24H26N4O3. The molecule has 0 atom stereocenters. The molecule has 1 N–H and O–H groups in total. The Hall–Kier alpha value is -3.48. The molecule has 3 aromatic rings. The minimum absolute atomic E-state index is 0.0111. The van der Waals surface area contributed by atoms with Gasteiger partial charge in [-0.3, -0.25) is 14.4 Å². The number of nitrogens with one attached hydrogen (secondary N) is 1. The first-order chi connectivity index (χ1) is 14.9. The van der Waals surface area contributed by atoms with E-state index in [1.165, 1.54) is 4.68 Å². The number of carbonyl (C=O) groups is 2. The summed E-state index contributed by atoms with van der Waals surface area (Å²) < 4.78 is 1.33. The lowest BCUT2D eigenvalue weighted by molar-refractivity contribution is 0.0791.